The number of hydrogen-bond acceptors (Lipinski definition) is 6. The van der Waals surface area contributed by atoms with E-state index in [2.05, 4.69) is 0 Å². The summed E-state index contributed by atoms with van der Waals surface area (Å²) in [5.74, 6) is -2.51. The van der Waals surface area contributed by atoms with Gasteiger partial charge in [-0.3, -0.25) is 14.4 Å². The fourth-order valence-corrected chi connectivity index (χ4v) is 6.21. The number of nitrogens with zero attached hydrogens (tertiary/aromatic N) is 2. The van der Waals surface area contributed by atoms with Crippen LogP contribution in [0.1, 0.15) is 66.2 Å². The van der Waals surface area contributed by atoms with Crippen LogP contribution in [0.3, 0.4) is 0 Å². The van der Waals surface area contributed by atoms with Gasteiger partial charge in [0.05, 0.1) is 18.1 Å². The summed E-state index contributed by atoms with van der Waals surface area (Å²) >= 11 is 0. The Bertz CT molecular complexity index is 908. The Balaban J connectivity index is 1.81. The minimum atomic E-state index is -1.25. The molecule has 8 nitrogen and oxygen atoms in total. The smallest absolute Gasteiger partial charge is 0.313 e. The summed E-state index contributed by atoms with van der Waals surface area (Å²) in [6, 6.07) is -0.859. The Morgan fingerprint density at radius 2 is 1.80 bits per heavy atom. The number of aliphatic hydroxyl groups is 1. The van der Waals surface area contributed by atoms with Crippen LogP contribution in [-0.2, 0) is 23.9 Å². The molecule has 4 aliphatic heterocycles. The van der Waals surface area contributed by atoms with E-state index < -0.39 is 40.6 Å². The predicted octanol–water partition coefficient (Wildman–Crippen LogP) is 2.60. The van der Waals surface area contributed by atoms with E-state index in [1.807, 2.05) is 52.0 Å². The zero-order valence-corrected chi connectivity index (χ0v) is 21.5. The van der Waals surface area contributed by atoms with Crippen LogP contribution in [0.5, 0.6) is 0 Å². The highest BCUT2D eigenvalue weighted by molar-refractivity contribution is 5.99. The van der Waals surface area contributed by atoms with Crippen molar-refractivity contribution in [2.24, 2.45) is 11.8 Å². The van der Waals surface area contributed by atoms with Crippen LogP contribution < -0.4 is 0 Å². The Morgan fingerprint density at radius 3 is 2.51 bits per heavy atom. The number of esters is 1. The summed E-state index contributed by atoms with van der Waals surface area (Å²) < 4.78 is 12.4. The molecule has 194 valence electrons. The zero-order chi connectivity index (χ0) is 25.4. The zero-order valence-electron chi connectivity index (χ0n) is 21.5. The number of carbonyl (C=O) groups is 3. The van der Waals surface area contributed by atoms with Crippen LogP contribution in [0.15, 0.2) is 24.3 Å². The van der Waals surface area contributed by atoms with Crippen LogP contribution in [0.2, 0.25) is 0 Å². The van der Waals surface area contributed by atoms with Crippen LogP contribution in [0, 0.1) is 11.8 Å². The van der Waals surface area contributed by atoms with Gasteiger partial charge in [0.1, 0.15) is 17.6 Å². The van der Waals surface area contributed by atoms with Gasteiger partial charge < -0.3 is 24.4 Å². The van der Waals surface area contributed by atoms with Gasteiger partial charge >= 0.3 is 5.97 Å². The van der Waals surface area contributed by atoms with Gasteiger partial charge in [0.15, 0.2) is 0 Å². The molecule has 0 aromatic heterocycles. The Kier molecular flexibility index (Phi) is 7.17. The molecule has 1 spiro atoms. The monoisotopic (exact) mass is 488 g/mol. The highest BCUT2D eigenvalue weighted by Gasteiger charge is 2.74. The SMILES string of the molecule is CC(C)(C)N1CC=C[C@]23O[C@@]4(C)/C=C\CCCCOC(=O)[C@H]4[C@H]2C(=O)N(CCCCCO)C3C1=O. The van der Waals surface area contributed by atoms with Gasteiger partial charge in [0, 0.05) is 25.2 Å². The number of likely N-dealkylation sites (tertiary alicyclic amines) is 1. The first kappa shape index (κ1) is 25.9. The van der Waals surface area contributed by atoms with Gasteiger partial charge in [-0.15, -0.1) is 0 Å². The minimum Gasteiger partial charge on any atom is -0.465 e. The lowest BCUT2D eigenvalue weighted by Gasteiger charge is -2.41. The molecule has 0 radical (unpaired) electrons. The van der Waals surface area contributed by atoms with E-state index in [1.54, 1.807) is 9.80 Å². The normalized spacial score (nSPS) is 36.4. The molecule has 1 unspecified atom stereocenters. The maximum Gasteiger partial charge on any atom is 0.313 e. The first-order chi connectivity index (χ1) is 16.6. The third-order valence-corrected chi connectivity index (χ3v) is 7.87. The molecule has 0 bridgehead atoms. The Morgan fingerprint density at radius 1 is 1.03 bits per heavy atom. The summed E-state index contributed by atoms with van der Waals surface area (Å²) in [6.45, 7) is 8.96. The van der Waals surface area contributed by atoms with Crippen molar-refractivity contribution < 1.29 is 29.0 Å². The van der Waals surface area contributed by atoms with E-state index in [0.717, 1.165) is 25.7 Å². The molecule has 0 aromatic carbocycles. The second-order valence-electron chi connectivity index (χ2n) is 11.4. The molecule has 2 saturated heterocycles. The average Bonchev–Trinajstić information content (AvgIpc) is 3.10. The lowest BCUT2D eigenvalue weighted by atomic mass is 9.74. The van der Waals surface area contributed by atoms with E-state index in [4.69, 9.17) is 9.47 Å². The summed E-state index contributed by atoms with van der Waals surface area (Å²) in [5, 5.41) is 9.18. The summed E-state index contributed by atoms with van der Waals surface area (Å²) in [5.41, 5.74) is -2.75. The van der Waals surface area contributed by atoms with Crippen LogP contribution in [0.25, 0.3) is 0 Å². The molecule has 2 amide bonds. The average molecular weight is 489 g/mol. The fourth-order valence-electron chi connectivity index (χ4n) is 6.21. The topological polar surface area (TPSA) is 96.4 Å². The van der Waals surface area contributed by atoms with Gasteiger partial charge in [0.25, 0.3) is 0 Å². The van der Waals surface area contributed by atoms with Gasteiger partial charge in [-0.2, -0.15) is 0 Å². The number of aliphatic hydroxyl groups excluding tert-OH is 1. The molecular weight excluding hydrogens is 448 g/mol. The van der Waals surface area contributed by atoms with Crippen molar-refractivity contribution in [3.05, 3.63) is 24.3 Å². The second-order valence-corrected chi connectivity index (χ2v) is 11.4. The van der Waals surface area contributed by atoms with E-state index in [1.165, 1.54) is 0 Å². The molecule has 35 heavy (non-hydrogen) atoms. The number of rotatable bonds is 5. The van der Waals surface area contributed by atoms with Crippen molar-refractivity contribution in [3.8, 4) is 0 Å². The lowest BCUT2D eigenvalue weighted by Crippen LogP contribution is -2.59. The molecule has 4 heterocycles. The first-order valence-electron chi connectivity index (χ1n) is 13.0. The maximum atomic E-state index is 14.1. The molecule has 8 heteroatoms. The van der Waals surface area contributed by atoms with Crippen LogP contribution >= 0.6 is 0 Å². The van der Waals surface area contributed by atoms with Crippen molar-refractivity contribution in [2.45, 2.75) is 89.0 Å². The number of unbranched alkanes of at least 4 members (excludes halogenated alkanes) is 2. The number of carbonyl (C=O) groups excluding carboxylic acids is 3. The second kappa shape index (κ2) is 9.69. The number of amides is 2. The number of ether oxygens (including phenoxy) is 2. The van der Waals surface area contributed by atoms with E-state index in [9.17, 15) is 19.5 Å². The van der Waals surface area contributed by atoms with Crippen molar-refractivity contribution in [2.75, 3.05) is 26.3 Å². The molecule has 1 N–H and O–H groups in total. The predicted molar refractivity (Wildman–Crippen MR) is 130 cm³/mol. The standard InChI is InChI=1S/C27H40N2O6/c1-25(2,3)29-16-12-14-27-19(22(31)28(21(27)23(29)32)15-9-7-10-17-30)20-24(33)34-18-11-6-5-8-13-26(20,4)35-27/h8,12-14,19-21,30H,5-7,9-11,15-18H2,1-4H3/b13-8-/t19-,20+,21?,26-,27-/m0/s1. The number of allylic oxidation sites excluding steroid dienone is 1. The molecule has 0 aliphatic carbocycles. The quantitative estimate of drug-likeness (QED) is 0.363. The molecule has 4 aliphatic rings. The Hall–Kier alpha value is -2.19. The van der Waals surface area contributed by atoms with E-state index in [0.29, 0.717) is 32.5 Å². The summed E-state index contributed by atoms with van der Waals surface area (Å²) in [6.07, 6.45) is 12.3. The molecule has 0 saturated carbocycles. The minimum absolute atomic E-state index is 0.0884. The third kappa shape index (κ3) is 4.44. The van der Waals surface area contributed by atoms with Crippen molar-refractivity contribution in [1.29, 1.82) is 0 Å². The van der Waals surface area contributed by atoms with Crippen molar-refractivity contribution in [1.82, 2.24) is 9.80 Å². The molecule has 0 aromatic rings. The van der Waals surface area contributed by atoms with Crippen molar-refractivity contribution in [3.63, 3.8) is 0 Å². The molecule has 4 rings (SSSR count). The maximum absolute atomic E-state index is 14.1. The number of hydrogen-bond donors (Lipinski definition) is 1. The van der Waals surface area contributed by atoms with Crippen LogP contribution in [0.4, 0.5) is 0 Å². The van der Waals surface area contributed by atoms with E-state index in [-0.39, 0.29) is 18.4 Å². The van der Waals surface area contributed by atoms with Crippen LogP contribution in [-0.4, -0.2) is 81.8 Å². The Labute approximate surface area is 208 Å². The lowest BCUT2D eigenvalue weighted by molar-refractivity contribution is -0.160. The molecule has 5 atom stereocenters. The number of cyclic esters (lactones) is 1. The third-order valence-electron chi connectivity index (χ3n) is 7.87. The number of fused-ring (bicyclic) bond motifs is 2. The summed E-state index contributed by atoms with van der Waals surface area (Å²) in [4.78, 5) is 45.1. The molecular formula is C27H40N2O6. The highest BCUT2D eigenvalue weighted by Crippen LogP contribution is 2.57. The highest BCUT2D eigenvalue weighted by atomic mass is 16.6. The van der Waals surface area contributed by atoms with Crippen molar-refractivity contribution >= 4 is 17.8 Å². The van der Waals surface area contributed by atoms with Gasteiger partial charge in [0.2, 0.25) is 11.8 Å². The van der Waals surface area contributed by atoms with Gasteiger partial charge in [-0.1, -0.05) is 24.3 Å². The van der Waals surface area contributed by atoms with Gasteiger partial charge in [-0.05, 0) is 66.2 Å². The van der Waals surface area contributed by atoms with E-state index >= 15 is 0 Å². The fraction of sp³-hybridized carbons (Fsp3) is 0.741. The van der Waals surface area contributed by atoms with Gasteiger partial charge in [-0.25, -0.2) is 0 Å². The summed E-state index contributed by atoms with van der Waals surface area (Å²) in [7, 11) is 0. The largest absolute Gasteiger partial charge is 0.465 e. The first-order valence-corrected chi connectivity index (χ1v) is 13.0. The molecule has 2 fully saturated rings.